The molecule has 0 aliphatic carbocycles. The van der Waals surface area contributed by atoms with Gasteiger partial charge in [-0.2, -0.15) is 0 Å². The van der Waals surface area contributed by atoms with Crippen molar-refractivity contribution in [2.75, 3.05) is 6.61 Å². The third kappa shape index (κ3) is 4.40. The lowest BCUT2D eigenvalue weighted by Crippen LogP contribution is -2.33. The smallest absolute Gasteiger partial charge is 0.251 e. The van der Waals surface area contributed by atoms with E-state index in [1.54, 1.807) is 0 Å². The second kappa shape index (κ2) is 7.75. The van der Waals surface area contributed by atoms with Crippen LogP contribution in [0.1, 0.15) is 50.4 Å². The van der Waals surface area contributed by atoms with Gasteiger partial charge < -0.3 is 10.1 Å². The van der Waals surface area contributed by atoms with Crippen molar-refractivity contribution in [3.8, 4) is 5.75 Å². The van der Waals surface area contributed by atoms with Gasteiger partial charge in [0, 0.05) is 11.6 Å². The van der Waals surface area contributed by atoms with E-state index in [9.17, 15) is 4.79 Å². The third-order valence-corrected chi connectivity index (χ3v) is 2.91. The minimum absolute atomic E-state index is 0.00857. The Labute approximate surface area is 110 Å². The zero-order valence-corrected chi connectivity index (χ0v) is 11.5. The fourth-order valence-corrected chi connectivity index (χ4v) is 1.68. The Morgan fingerprint density at radius 1 is 1.17 bits per heavy atom. The highest BCUT2D eigenvalue weighted by molar-refractivity contribution is 5.94. The molecule has 0 fully saturated rings. The summed E-state index contributed by atoms with van der Waals surface area (Å²) in [5.74, 6) is 0.807. The van der Waals surface area contributed by atoms with Crippen LogP contribution in [0.25, 0.3) is 0 Å². The number of rotatable bonds is 7. The van der Waals surface area contributed by atoms with Crippen LogP contribution in [-0.2, 0) is 0 Å². The number of nitrogens with one attached hydrogen (secondary N) is 1. The molecule has 1 rings (SSSR count). The minimum Gasteiger partial charge on any atom is -0.494 e. The monoisotopic (exact) mass is 249 g/mol. The van der Waals surface area contributed by atoms with Gasteiger partial charge in [-0.05, 0) is 43.5 Å². The molecule has 0 aromatic heterocycles. The number of hydrogen-bond donors (Lipinski definition) is 1. The summed E-state index contributed by atoms with van der Waals surface area (Å²) in [5, 5.41) is 3.02. The molecule has 100 valence electrons. The van der Waals surface area contributed by atoms with Crippen LogP contribution in [0.15, 0.2) is 24.3 Å². The fraction of sp³-hybridized carbons (Fsp3) is 0.533. The zero-order chi connectivity index (χ0) is 13.4. The van der Waals surface area contributed by atoms with Crippen molar-refractivity contribution in [3.05, 3.63) is 29.8 Å². The second-order valence-electron chi connectivity index (χ2n) is 4.36. The van der Waals surface area contributed by atoms with Crippen molar-refractivity contribution in [2.24, 2.45) is 0 Å². The maximum Gasteiger partial charge on any atom is 0.251 e. The SMILES string of the molecule is CCCOc1ccc(C(=O)NC(CC)CC)cc1. The van der Waals surface area contributed by atoms with Crippen LogP contribution >= 0.6 is 0 Å². The van der Waals surface area contributed by atoms with E-state index in [1.165, 1.54) is 0 Å². The largest absolute Gasteiger partial charge is 0.494 e. The fourth-order valence-electron chi connectivity index (χ4n) is 1.68. The Hall–Kier alpha value is -1.51. The summed E-state index contributed by atoms with van der Waals surface area (Å²) in [6, 6.07) is 7.56. The molecule has 1 amide bonds. The highest BCUT2D eigenvalue weighted by Crippen LogP contribution is 2.12. The molecule has 18 heavy (non-hydrogen) atoms. The molecule has 0 bridgehead atoms. The zero-order valence-electron chi connectivity index (χ0n) is 11.5. The van der Waals surface area contributed by atoms with Crippen LogP contribution in [0.2, 0.25) is 0 Å². The molecule has 0 atom stereocenters. The molecule has 1 aromatic carbocycles. The summed E-state index contributed by atoms with van der Waals surface area (Å²) in [6.07, 6.45) is 2.90. The Morgan fingerprint density at radius 2 is 1.78 bits per heavy atom. The molecular weight excluding hydrogens is 226 g/mol. The Balaban J connectivity index is 2.58. The molecule has 0 aliphatic rings. The lowest BCUT2D eigenvalue weighted by atomic mass is 10.1. The molecule has 0 saturated heterocycles. The van der Waals surface area contributed by atoms with E-state index >= 15 is 0 Å². The van der Waals surface area contributed by atoms with Crippen LogP contribution in [0, 0.1) is 0 Å². The third-order valence-electron chi connectivity index (χ3n) is 2.91. The quantitative estimate of drug-likeness (QED) is 0.804. The van der Waals surface area contributed by atoms with Gasteiger partial charge >= 0.3 is 0 Å². The highest BCUT2D eigenvalue weighted by atomic mass is 16.5. The number of carbonyl (C=O) groups is 1. The number of carbonyl (C=O) groups excluding carboxylic acids is 1. The van der Waals surface area contributed by atoms with Gasteiger partial charge in [0.15, 0.2) is 0 Å². The summed E-state index contributed by atoms with van der Waals surface area (Å²) in [5.41, 5.74) is 0.686. The number of benzene rings is 1. The van der Waals surface area contributed by atoms with Crippen LogP contribution in [0.4, 0.5) is 0 Å². The lowest BCUT2D eigenvalue weighted by molar-refractivity contribution is 0.0935. The Morgan fingerprint density at radius 3 is 2.28 bits per heavy atom. The number of ether oxygens (including phenoxy) is 1. The first-order valence-corrected chi connectivity index (χ1v) is 6.74. The van der Waals surface area contributed by atoms with E-state index in [0.29, 0.717) is 12.2 Å². The predicted octanol–water partition coefficient (Wildman–Crippen LogP) is 3.39. The van der Waals surface area contributed by atoms with Crippen molar-refractivity contribution in [3.63, 3.8) is 0 Å². The summed E-state index contributed by atoms with van der Waals surface area (Å²) < 4.78 is 5.48. The maximum atomic E-state index is 11.9. The molecule has 0 saturated carbocycles. The molecule has 0 radical (unpaired) electrons. The topological polar surface area (TPSA) is 38.3 Å². The first kappa shape index (κ1) is 14.6. The van der Waals surface area contributed by atoms with Crippen LogP contribution in [0.5, 0.6) is 5.75 Å². The van der Waals surface area contributed by atoms with Crippen molar-refractivity contribution < 1.29 is 9.53 Å². The van der Waals surface area contributed by atoms with Crippen molar-refractivity contribution in [1.29, 1.82) is 0 Å². The van der Waals surface area contributed by atoms with Crippen LogP contribution in [0.3, 0.4) is 0 Å². The molecule has 1 N–H and O–H groups in total. The Kier molecular flexibility index (Phi) is 6.26. The van der Waals surface area contributed by atoms with E-state index in [1.807, 2.05) is 24.3 Å². The van der Waals surface area contributed by atoms with E-state index < -0.39 is 0 Å². The average Bonchev–Trinajstić information content (AvgIpc) is 2.42. The predicted molar refractivity (Wildman–Crippen MR) is 74.1 cm³/mol. The molecule has 0 spiro atoms. The van der Waals surface area contributed by atoms with E-state index in [-0.39, 0.29) is 11.9 Å². The van der Waals surface area contributed by atoms with Gasteiger partial charge in [-0.3, -0.25) is 4.79 Å². The van der Waals surface area contributed by atoms with Gasteiger partial charge in [0.1, 0.15) is 5.75 Å². The van der Waals surface area contributed by atoms with Gasteiger partial charge in [-0.1, -0.05) is 20.8 Å². The van der Waals surface area contributed by atoms with E-state index in [4.69, 9.17) is 4.74 Å². The van der Waals surface area contributed by atoms with E-state index in [0.717, 1.165) is 25.0 Å². The molecule has 0 heterocycles. The second-order valence-corrected chi connectivity index (χ2v) is 4.36. The van der Waals surface area contributed by atoms with Crippen LogP contribution in [-0.4, -0.2) is 18.6 Å². The molecule has 3 heteroatoms. The summed E-state index contributed by atoms with van der Waals surface area (Å²) >= 11 is 0. The Bertz CT molecular complexity index is 355. The lowest BCUT2D eigenvalue weighted by Gasteiger charge is -2.14. The summed E-state index contributed by atoms with van der Waals surface area (Å²) in [4.78, 5) is 11.9. The molecule has 1 aromatic rings. The molecule has 0 unspecified atom stereocenters. The maximum absolute atomic E-state index is 11.9. The first-order valence-electron chi connectivity index (χ1n) is 6.74. The standard InChI is InChI=1S/C15H23NO2/c1-4-11-18-14-9-7-12(8-10-14)15(17)16-13(5-2)6-3/h7-10,13H,4-6,11H2,1-3H3,(H,16,17). The molecule has 3 nitrogen and oxygen atoms in total. The molecular formula is C15H23NO2. The first-order chi connectivity index (χ1) is 8.71. The van der Waals surface area contributed by atoms with E-state index in [2.05, 4.69) is 26.1 Å². The van der Waals surface area contributed by atoms with Crippen LogP contribution < -0.4 is 10.1 Å². The number of amides is 1. The van der Waals surface area contributed by atoms with Gasteiger partial charge in [0.05, 0.1) is 6.61 Å². The van der Waals surface area contributed by atoms with Gasteiger partial charge in [-0.15, -0.1) is 0 Å². The minimum atomic E-state index is -0.00857. The van der Waals surface area contributed by atoms with Crippen molar-refractivity contribution in [1.82, 2.24) is 5.32 Å². The summed E-state index contributed by atoms with van der Waals surface area (Å²) in [7, 11) is 0. The van der Waals surface area contributed by atoms with Crippen molar-refractivity contribution in [2.45, 2.75) is 46.1 Å². The normalized spacial score (nSPS) is 10.4. The average molecular weight is 249 g/mol. The van der Waals surface area contributed by atoms with Gasteiger partial charge in [-0.25, -0.2) is 0 Å². The van der Waals surface area contributed by atoms with Gasteiger partial charge in [0.2, 0.25) is 0 Å². The van der Waals surface area contributed by atoms with Crippen molar-refractivity contribution >= 4 is 5.91 Å². The van der Waals surface area contributed by atoms with Gasteiger partial charge in [0.25, 0.3) is 5.91 Å². The highest BCUT2D eigenvalue weighted by Gasteiger charge is 2.10. The number of hydrogen-bond acceptors (Lipinski definition) is 2. The summed E-state index contributed by atoms with van der Waals surface area (Å²) in [6.45, 7) is 6.93. The molecule has 0 aliphatic heterocycles.